The maximum Gasteiger partial charge on any atom is 0.419 e. The number of aliphatic hydroxyl groups is 1. The molecule has 1 aliphatic carbocycles. The highest BCUT2D eigenvalue weighted by Crippen LogP contribution is 2.43. The van der Waals surface area contributed by atoms with Crippen LogP contribution in [0.3, 0.4) is 0 Å². The highest BCUT2D eigenvalue weighted by molar-refractivity contribution is 6.39. The number of aromatic nitrogens is 1. The van der Waals surface area contributed by atoms with Crippen LogP contribution in [0.2, 0.25) is 0 Å². The Morgan fingerprint density at radius 2 is 1.85 bits per heavy atom. The Morgan fingerprint density at radius 1 is 1.09 bits per heavy atom. The predicted octanol–water partition coefficient (Wildman–Crippen LogP) is 5.11. The maximum absolute atomic E-state index is 13.4. The van der Waals surface area contributed by atoms with Gasteiger partial charge in [-0.15, -0.1) is 0 Å². The number of amidine groups is 1. The lowest BCUT2D eigenvalue weighted by Crippen LogP contribution is -2.40. The van der Waals surface area contributed by atoms with Crippen LogP contribution in [0.15, 0.2) is 52.2 Å². The molecule has 1 saturated carbocycles. The summed E-state index contributed by atoms with van der Waals surface area (Å²) in [4.78, 5) is 15.1. The molecule has 1 unspecified atom stereocenters. The van der Waals surface area contributed by atoms with Gasteiger partial charge in [-0.05, 0) is 68.4 Å². The Kier molecular flexibility index (Phi) is 5.23. The molecule has 5 rings (SSSR count). The van der Waals surface area contributed by atoms with E-state index in [1.54, 1.807) is 18.3 Å². The van der Waals surface area contributed by atoms with Gasteiger partial charge in [-0.25, -0.2) is 4.98 Å². The molecule has 3 aliphatic rings. The maximum atomic E-state index is 13.4. The van der Waals surface area contributed by atoms with Crippen molar-refractivity contribution < 1.29 is 18.3 Å². The van der Waals surface area contributed by atoms with Crippen molar-refractivity contribution in [2.45, 2.75) is 50.9 Å². The standard InChI is InChI=1S/C24H24F3N5O/c1-13-8-20(14-2-5-17(33)6-3-14)32-21-10-15(4-7-19(21)29-12-22(32)31-13)16-9-18(24(25,26)27)23(28)30-11-16/h4,7-14,17,33H,2-3,5-6H2,1H3,(H2,28,30). The normalized spacial score (nSPS) is 24.6. The lowest BCUT2D eigenvalue weighted by atomic mass is 9.83. The van der Waals surface area contributed by atoms with Gasteiger partial charge in [0.05, 0.1) is 35.3 Å². The Bertz CT molecular complexity index is 1180. The second kappa shape index (κ2) is 7.98. The molecule has 0 spiro atoms. The minimum atomic E-state index is -4.59. The van der Waals surface area contributed by atoms with E-state index in [0.717, 1.165) is 43.1 Å². The Hall–Kier alpha value is -3.20. The van der Waals surface area contributed by atoms with Gasteiger partial charge in [-0.3, -0.25) is 14.9 Å². The number of anilines is 2. The van der Waals surface area contributed by atoms with E-state index in [-0.39, 0.29) is 18.1 Å². The molecule has 9 heteroatoms. The summed E-state index contributed by atoms with van der Waals surface area (Å²) in [5, 5.41) is 9.96. The first-order valence-electron chi connectivity index (χ1n) is 11.0. The lowest BCUT2D eigenvalue weighted by molar-refractivity contribution is -0.137. The third-order valence-corrected chi connectivity index (χ3v) is 6.44. The minimum Gasteiger partial charge on any atom is -0.393 e. The molecule has 3 heterocycles. The van der Waals surface area contributed by atoms with Gasteiger partial charge < -0.3 is 10.8 Å². The van der Waals surface area contributed by atoms with E-state index in [0.29, 0.717) is 22.6 Å². The van der Waals surface area contributed by atoms with Crippen LogP contribution in [-0.4, -0.2) is 34.3 Å². The topological polar surface area (TPSA) is 87.1 Å². The van der Waals surface area contributed by atoms with Gasteiger partial charge in [0.2, 0.25) is 0 Å². The number of alkyl halides is 3. The minimum absolute atomic E-state index is 0.00933. The second-order valence-electron chi connectivity index (χ2n) is 8.78. The van der Waals surface area contributed by atoms with Crippen molar-refractivity contribution in [3.8, 4) is 11.1 Å². The van der Waals surface area contributed by atoms with Crippen LogP contribution in [0, 0.1) is 5.92 Å². The highest BCUT2D eigenvalue weighted by atomic mass is 19.4. The van der Waals surface area contributed by atoms with Crippen LogP contribution in [0.1, 0.15) is 38.2 Å². The molecule has 0 saturated heterocycles. The zero-order valence-corrected chi connectivity index (χ0v) is 18.0. The molecule has 1 atom stereocenters. The fourth-order valence-electron chi connectivity index (χ4n) is 4.78. The molecule has 0 amide bonds. The summed E-state index contributed by atoms with van der Waals surface area (Å²) in [6.45, 7) is 2.01. The zero-order valence-electron chi connectivity index (χ0n) is 18.0. The Labute approximate surface area is 189 Å². The van der Waals surface area contributed by atoms with E-state index in [4.69, 9.17) is 10.7 Å². The van der Waals surface area contributed by atoms with Crippen molar-refractivity contribution in [1.29, 1.82) is 0 Å². The average Bonchev–Trinajstić information content (AvgIpc) is 2.78. The number of fused-ring (bicyclic) bond motifs is 3. The fourth-order valence-corrected chi connectivity index (χ4v) is 4.78. The number of hydrogen-bond acceptors (Lipinski definition) is 6. The number of hydrogen-bond donors (Lipinski definition) is 2. The molecule has 0 bridgehead atoms. The molecule has 172 valence electrons. The number of halogens is 3. The Morgan fingerprint density at radius 3 is 2.58 bits per heavy atom. The van der Waals surface area contributed by atoms with Crippen LogP contribution < -0.4 is 10.6 Å². The lowest BCUT2D eigenvalue weighted by Gasteiger charge is -2.39. The molecular formula is C24H24F3N5O. The van der Waals surface area contributed by atoms with Crippen LogP contribution in [0.5, 0.6) is 0 Å². The van der Waals surface area contributed by atoms with Crippen molar-refractivity contribution in [2.24, 2.45) is 15.9 Å². The summed E-state index contributed by atoms with van der Waals surface area (Å²) < 4.78 is 40.1. The molecular weight excluding hydrogens is 431 g/mol. The van der Waals surface area contributed by atoms with Crippen LogP contribution in [0.4, 0.5) is 30.4 Å². The van der Waals surface area contributed by atoms with Crippen LogP contribution >= 0.6 is 0 Å². The molecule has 1 aromatic heterocycles. The van der Waals surface area contributed by atoms with Crippen molar-refractivity contribution in [2.75, 3.05) is 10.6 Å². The number of nitrogens with two attached hydrogens (primary N) is 1. The summed E-state index contributed by atoms with van der Waals surface area (Å²) in [5.74, 6) is 0.430. The summed E-state index contributed by atoms with van der Waals surface area (Å²) in [7, 11) is 0. The van der Waals surface area contributed by atoms with Gasteiger partial charge >= 0.3 is 6.18 Å². The number of nitrogen functional groups attached to an aromatic ring is 1. The van der Waals surface area contributed by atoms with Gasteiger partial charge in [-0.1, -0.05) is 6.07 Å². The smallest absolute Gasteiger partial charge is 0.393 e. The molecule has 33 heavy (non-hydrogen) atoms. The van der Waals surface area contributed by atoms with Crippen molar-refractivity contribution in [3.63, 3.8) is 0 Å². The van der Waals surface area contributed by atoms with E-state index in [1.165, 1.54) is 6.20 Å². The first kappa shape index (κ1) is 21.6. The summed E-state index contributed by atoms with van der Waals surface area (Å²) in [6.07, 6.45) is 3.59. The SMILES string of the molecule is CC1C=C(C2CCC(O)CC2)N2C(=N1)C=Nc1ccc(-c3cnc(N)c(C(F)(F)F)c3)cc12. The molecule has 1 aromatic carbocycles. The molecule has 2 aromatic rings. The third-order valence-electron chi connectivity index (χ3n) is 6.44. The van der Waals surface area contributed by atoms with E-state index in [1.807, 2.05) is 13.0 Å². The van der Waals surface area contributed by atoms with E-state index in [2.05, 4.69) is 21.0 Å². The quantitative estimate of drug-likeness (QED) is 0.659. The van der Waals surface area contributed by atoms with Gasteiger partial charge in [0, 0.05) is 17.5 Å². The van der Waals surface area contributed by atoms with E-state index >= 15 is 0 Å². The molecule has 6 nitrogen and oxygen atoms in total. The van der Waals surface area contributed by atoms with Crippen LogP contribution in [0.25, 0.3) is 11.1 Å². The van der Waals surface area contributed by atoms with Gasteiger partial charge in [0.25, 0.3) is 0 Å². The van der Waals surface area contributed by atoms with Gasteiger partial charge in [-0.2, -0.15) is 13.2 Å². The second-order valence-corrected chi connectivity index (χ2v) is 8.78. The predicted molar refractivity (Wildman–Crippen MR) is 123 cm³/mol. The molecule has 1 fully saturated rings. The number of rotatable bonds is 2. The van der Waals surface area contributed by atoms with E-state index < -0.39 is 17.6 Å². The summed E-state index contributed by atoms with van der Waals surface area (Å²) in [6, 6.07) is 6.38. The number of aliphatic imine (C=N–C) groups is 2. The monoisotopic (exact) mass is 455 g/mol. The average molecular weight is 455 g/mol. The van der Waals surface area contributed by atoms with E-state index in [9.17, 15) is 18.3 Å². The largest absolute Gasteiger partial charge is 0.419 e. The first-order chi connectivity index (χ1) is 15.7. The van der Waals surface area contributed by atoms with Crippen molar-refractivity contribution >= 4 is 29.2 Å². The number of pyridine rings is 1. The van der Waals surface area contributed by atoms with Gasteiger partial charge in [0.1, 0.15) is 5.82 Å². The summed E-state index contributed by atoms with van der Waals surface area (Å²) >= 11 is 0. The number of aliphatic hydroxyl groups excluding tert-OH is 1. The first-order valence-corrected chi connectivity index (χ1v) is 11.0. The van der Waals surface area contributed by atoms with Crippen molar-refractivity contribution in [1.82, 2.24) is 4.98 Å². The van der Waals surface area contributed by atoms with Crippen LogP contribution in [-0.2, 0) is 6.18 Å². The zero-order chi connectivity index (χ0) is 23.3. The molecule has 0 radical (unpaired) electrons. The summed E-state index contributed by atoms with van der Waals surface area (Å²) in [5.41, 5.74) is 8.02. The third kappa shape index (κ3) is 4.01. The fraction of sp³-hybridized carbons (Fsp3) is 0.375. The molecule has 2 aliphatic heterocycles. The highest BCUT2D eigenvalue weighted by Gasteiger charge is 2.35. The molecule has 3 N–H and O–H groups in total. The number of benzene rings is 1. The number of nitrogens with zero attached hydrogens (tertiary/aromatic N) is 4. The number of allylic oxidation sites excluding steroid dienone is 1. The Balaban J connectivity index is 1.57. The van der Waals surface area contributed by atoms with Gasteiger partial charge in [0.15, 0.2) is 5.84 Å². The van der Waals surface area contributed by atoms with Crippen molar-refractivity contribution in [3.05, 3.63) is 47.8 Å².